The first-order valence-corrected chi connectivity index (χ1v) is 29.3. The summed E-state index contributed by atoms with van der Waals surface area (Å²) in [5.74, 6) is 0. The van der Waals surface area contributed by atoms with Gasteiger partial charge in [-0.25, -0.2) is 0 Å². The maximum Gasteiger partial charge on any atom is 0.328 e. The summed E-state index contributed by atoms with van der Waals surface area (Å²) in [7, 11) is -12.8. The molecule has 0 aromatic heterocycles. The van der Waals surface area contributed by atoms with Crippen molar-refractivity contribution in [3.8, 4) is 0 Å². The van der Waals surface area contributed by atoms with Gasteiger partial charge in [0.2, 0.25) is 0 Å². The highest BCUT2D eigenvalue weighted by Crippen LogP contribution is 2.59. The second-order valence-electron chi connectivity index (χ2n) is 19.3. The average Bonchev–Trinajstić information content (AvgIpc) is 3.00. The van der Waals surface area contributed by atoms with Gasteiger partial charge in [0.15, 0.2) is 0 Å². The lowest BCUT2D eigenvalue weighted by Gasteiger charge is -2.62. The predicted octanol–water partition coefficient (Wildman–Crippen LogP) is 12.3. The summed E-state index contributed by atoms with van der Waals surface area (Å²) in [4.78, 5) is 0. The maximum absolute atomic E-state index is 8.18. The molecular formula is C40H88O8Si4. The van der Waals surface area contributed by atoms with Crippen molar-refractivity contribution in [2.24, 2.45) is 0 Å². The Balaban J connectivity index is 4.22. The minimum atomic E-state index is -3.21. The molecule has 0 radical (unpaired) electrons. The zero-order valence-corrected chi connectivity index (χ0v) is 41.4. The van der Waals surface area contributed by atoms with Crippen molar-refractivity contribution in [2.75, 3.05) is 52.9 Å². The van der Waals surface area contributed by atoms with E-state index in [0.717, 1.165) is 102 Å². The number of ether oxygens (including phenoxy) is 4. The Kier molecular flexibility index (Phi) is 21.9. The van der Waals surface area contributed by atoms with Gasteiger partial charge in [-0.05, 0) is 25.7 Å². The van der Waals surface area contributed by atoms with Crippen LogP contribution in [-0.2, 0) is 35.4 Å². The molecule has 0 bridgehead atoms. The first-order chi connectivity index (χ1) is 24.1. The Morgan fingerprint density at radius 1 is 0.308 bits per heavy atom. The van der Waals surface area contributed by atoms with Crippen molar-refractivity contribution in [1.29, 1.82) is 0 Å². The molecule has 12 heteroatoms. The molecule has 0 atom stereocenters. The highest BCUT2D eigenvalue weighted by atomic mass is 28.5. The topological polar surface area (TPSA) is 73.8 Å². The van der Waals surface area contributed by atoms with Crippen molar-refractivity contribution in [3.05, 3.63) is 0 Å². The normalized spacial score (nSPS) is 26.8. The van der Waals surface area contributed by atoms with Crippen LogP contribution in [0.5, 0.6) is 0 Å². The average molecular weight is 809 g/mol. The van der Waals surface area contributed by atoms with E-state index in [1.807, 2.05) is 0 Å². The van der Waals surface area contributed by atoms with E-state index in [-0.39, 0.29) is 20.2 Å². The summed E-state index contributed by atoms with van der Waals surface area (Å²) in [6.07, 6.45) is 8.60. The molecule has 8 nitrogen and oxygen atoms in total. The molecule has 1 aliphatic rings. The Labute approximate surface area is 327 Å². The molecule has 0 aromatic carbocycles. The quantitative estimate of drug-likeness (QED) is 0.0705. The highest BCUT2D eigenvalue weighted by Gasteiger charge is 2.71. The first kappa shape index (κ1) is 50.6. The van der Waals surface area contributed by atoms with Crippen molar-refractivity contribution >= 4 is 34.2 Å². The van der Waals surface area contributed by atoms with Crippen molar-refractivity contribution in [1.82, 2.24) is 0 Å². The minimum absolute atomic E-state index is 0.292. The van der Waals surface area contributed by atoms with E-state index in [0.29, 0.717) is 26.4 Å². The zero-order chi connectivity index (χ0) is 39.8. The van der Waals surface area contributed by atoms with Crippen LogP contribution in [0.25, 0.3) is 0 Å². The van der Waals surface area contributed by atoms with Gasteiger partial charge in [0, 0.05) is 97.2 Å². The van der Waals surface area contributed by atoms with Gasteiger partial charge in [-0.2, -0.15) is 0 Å². The van der Waals surface area contributed by atoms with Gasteiger partial charge in [0.25, 0.3) is 0 Å². The fourth-order valence-corrected chi connectivity index (χ4v) is 34.9. The number of hydrogen-bond donors (Lipinski definition) is 0. The van der Waals surface area contributed by atoms with E-state index < -0.39 is 34.2 Å². The van der Waals surface area contributed by atoms with Crippen LogP contribution in [-0.4, -0.2) is 87.1 Å². The summed E-state index contributed by atoms with van der Waals surface area (Å²) in [5, 5.41) is -1.17. The van der Waals surface area contributed by atoms with Crippen LogP contribution in [0.2, 0.25) is 44.3 Å². The van der Waals surface area contributed by atoms with Crippen LogP contribution in [0.4, 0.5) is 0 Å². The van der Waals surface area contributed by atoms with Crippen LogP contribution in [0.1, 0.15) is 162 Å². The molecule has 0 amide bonds. The monoisotopic (exact) mass is 809 g/mol. The van der Waals surface area contributed by atoms with Crippen molar-refractivity contribution < 1.29 is 35.4 Å². The standard InChI is InChI=1S/C40H88O8Si4/c1-17-21-25-41-29-33-49(37(5,6)7)45-50(38(8,9)10,34-30-42-26-22-18-2)47-52(40(14,15)16,36-32-44-28-24-20-4)48-51(46-49,39(11,12)13)35-31-43-27-23-19-3/h17-36H2,1-16H3. The van der Waals surface area contributed by atoms with Gasteiger partial charge >= 0.3 is 34.2 Å². The van der Waals surface area contributed by atoms with E-state index in [1.54, 1.807) is 0 Å². The Morgan fingerprint density at radius 3 is 0.615 bits per heavy atom. The highest BCUT2D eigenvalue weighted by molar-refractivity contribution is 6.97. The third-order valence-corrected chi connectivity index (χ3v) is 33.9. The van der Waals surface area contributed by atoms with Gasteiger partial charge in [-0.1, -0.05) is 136 Å². The molecule has 0 aromatic rings. The number of unbranched alkanes of at least 4 members (excludes halogenated alkanes) is 4. The second-order valence-corrected chi connectivity index (χ2v) is 36.6. The summed E-state index contributed by atoms with van der Waals surface area (Å²) < 4.78 is 58.2. The number of rotatable bonds is 24. The maximum atomic E-state index is 8.18. The van der Waals surface area contributed by atoms with Crippen molar-refractivity contribution in [2.45, 2.75) is 206 Å². The van der Waals surface area contributed by atoms with Gasteiger partial charge in [0.05, 0.1) is 0 Å². The summed E-state index contributed by atoms with van der Waals surface area (Å²) in [6, 6.07) is 2.89. The third-order valence-electron chi connectivity index (χ3n) is 10.8. The third kappa shape index (κ3) is 14.5. The molecule has 1 rings (SSSR count). The van der Waals surface area contributed by atoms with Crippen LogP contribution >= 0.6 is 0 Å². The fraction of sp³-hybridized carbons (Fsp3) is 1.00. The molecule has 1 aliphatic heterocycles. The van der Waals surface area contributed by atoms with Gasteiger partial charge in [-0.15, -0.1) is 0 Å². The zero-order valence-electron chi connectivity index (χ0n) is 37.4. The molecule has 0 N–H and O–H groups in total. The molecule has 1 fully saturated rings. The lowest BCUT2D eigenvalue weighted by molar-refractivity contribution is 0.102. The smallest absolute Gasteiger partial charge is 0.328 e. The van der Waals surface area contributed by atoms with Crippen LogP contribution in [0.3, 0.4) is 0 Å². The molecule has 312 valence electrons. The molecule has 0 spiro atoms. The van der Waals surface area contributed by atoms with E-state index in [9.17, 15) is 0 Å². The SMILES string of the molecule is CCCCOCC[Si]1(C(C)(C)C)O[Si](CCOCCCC)(C(C)(C)C)O[Si](CCOCCCC)(C(C)(C)C)O[Si](CCOCCCC)(C(C)(C)C)O1. The van der Waals surface area contributed by atoms with Gasteiger partial charge < -0.3 is 35.4 Å². The van der Waals surface area contributed by atoms with E-state index in [4.69, 9.17) is 35.4 Å². The first-order valence-electron chi connectivity index (χ1n) is 21.2. The molecule has 1 heterocycles. The molecule has 0 aliphatic carbocycles. The molecular weight excluding hydrogens is 721 g/mol. The van der Waals surface area contributed by atoms with Gasteiger partial charge in [0.1, 0.15) is 0 Å². The fourth-order valence-electron chi connectivity index (χ4n) is 6.50. The van der Waals surface area contributed by atoms with E-state index in [2.05, 4.69) is 111 Å². The van der Waals surface area contributed by atoms with E-state index in [1.165, 1.54) is 0 Å². The van der Waals surface area contributed by atoms with Gasteiger partial charge in [-0.3, -0.25) is 0 Å². The van der Waals surface area contributed by atoms with Crippen molar-refractivity contribution in [3.63, 3.8) is 0 Å². The Hall–Kier alpha value is 0.548. The largest absolute Gasteiger partial charge is 0.415 e. The van der Waals surface area contributed by atoms with Crippen LogP contribution < -0.4 is 0 Å². The van der Waals surface area contributed by atoms with Crippen LogP contribution in [0.15, 0.2) is 0 Å². The summed E-state index contributed by atoms with van der Waals surface area (Å²) in [6.45, 7) is 42.1. The lowest BCUT2D eigenvalue weighted by Crippen LogP contribution is -2.77. The second kappa shape index (κ2) is 22.5. The molecule has 0 saturated carbocycles. The number of hydrogen-bond acceptors (Lipinski definition) is 8. The predicted molar refractivity (Wildman–Crippen MR) is 228 cm³/mol. The molecule has 52 heavy (non-hydrogen) atoms. The summed E-state index contributed by atoms with van der Waals surface area (Å²) in [5.41, 5.74) is 0. The lowest BCUT2D eigenvalue weighted by atomic mass is 10.2. The molecule has 0 unspecified atom stereocenters. The van der Waals surface area contributed by atoms with E-state index >= 15 is 0 Å². The minimum Gasteiger partial charge on any atom is -0.415 e. The summed E-state index contributed by atoms with van der Waals surface area (Å²) >= 11 is 0. The molecule has 1 saturated heterocycles. The Morgan fingerprint density at radius 2 is 0.481 bits per heavy atom. The Bertz CT molecular complexity index is 795. The van der Waals surface area contributed by atoms with Crippen LogP contribution in [0, 0.1) is 0 Å².